The van der Waals surface area contributed by atoms with Gasteiger partial charge in [-0.05, 0) is 75.6 Å². The number of anilines is 1. The molecule has 1 heterocycles. The highest BCUT2D eigenvalue weighted by Crippen LogP contribution is 2.35. The van der Waals surface area contributed by atoms with Crippen molar-refractivity contribution in [2.45, 2.75) is 78.8 Å². The second kappa shape index (κ2) is 8.80. The molecule has 1 aliphatic carbocycles. The molecule has 1 aromatic heterocycles. The summed E-state index contributed by atoms with van der Waals surface area (Å²) in [6, 6.07) is 4.61. The number of aryl methyl sites for hydroxylation is 3. The van der Waals surface area contributed by atoms with E-state index in [1.807, 2.05) is 13.8 Å². The number of methoxy groups -OCH3 is 1. The molecule has 0 bridgehead atoms. The lowest BCUT2D eigenvalue weighted by Crippen LogP contribution is -2.30. The first-order valence-electron chi connectivity index (χ1n) is 10.6. The van der Waals surface area contributed by atoms with Gasteiger partial charge in [-0.15, -0.1) is 0 Å². The van der Waals surface area contributed by atoms with Crippen molar-refractivity contribution in [1.29, 1.82) is 0 Å². The third-order valence-electron chi connectivity index (χ3n) is 5.91. The van der Waals surface area contributed by atoms with Crippen molar-refractivity contribution in [1.82, 2.24) is 9.55 Å². The summed E-state index contributed by atoms with van der Waals surface area (Å²) in [5, 5.41) is 3.42. The van der Waals surface area contributed by atoms with Gasteiger partial charge in [-0.2, -0.15) is 0 Å². The molecule has 3 rings (SSSR count). The highest BCUT2D eigenvalue weighted by molar-refractivity contribution is 5.68. The Morgan fingerprint density at radius 1 is 1.14 bits per heavy atom. The molecule has 152 valence electrons. The van der Waals surface area contributed by atoms with Gasteiger partial charge in [0.1, 0.15) is 17.3 Å². The number of rotatable bonds is 7. The number of benzene rings is 1. The molecule has 5 heteroatoms. The lowest BCUT2D eigenvalue weighted by atomic mass is 9.89. The number of ether oxygens (including phenoxy) is 1. The van der Waals surface area contributed by atoms with Crippen LogP contribution in [0.4, 0.5) is 5.69 Å². The van der Waals surface area contributed by atoms with Gasteiger partial charge in [0.15, 0.2) is 0 Å². The van der Waals surface area contributed by atoms with Crippen molar-refractivity contribution < 1.29 is 4.74 Å². The molecule has 5 nitrogen and oxygen atoms in total. The maximum Gasteiger partial charge on any atom is 0.277 e. The van der Waals surface area contributed by atoms with E-state index in [-0.39, 0.29) is 11.6 Å². The van der Waals surface area contributed by atoms with E-state index in [1.165, 1.54) is 24.0 Å². The zero-order valence-corrected chi connectivity index (χ0v) is 17.9. The van der Waals surface area contributed by atoms with Crippen LogP contribution in [0.25, 0.3) is 11.4 Å². The molecule has 0 atom stereocenters. The van der Waals surface area contributed by atoms with Gasteiger partial charge in [-0.25, -0.2) is 4.98 Å². The quantitative estimate of drug-likeness (QED) is 0.751. The van der Waals surface area contributed by atoms with Crippen molar-refractivity contribution in [2.75, 3.05) is 12.4 Å². The summed E-state index contributed by atoms with van der Waals surface area (Å²) in [7, 11) is 1.69. The highest BCUT2D eigenvalue weighted by Gasteiger charge is 2.21. The van der Waals surface area contributed by atoms with Gasteiger partial charge in [0.05, 0.1) is 18.4 Å². The highest BCUT2D eigenvalue weighted by atomic mass is 16.5. The Balaban J connectivity index is 2.16. The molecule has 0 amide bonds. The minimum atomic E-state index is -0.00308. The molecule has 2 aromatic rings. The topological polar surface area (TPSA) is 56.2 Å². The van der Waals surface area contributed by atoms with Gasteiger partial charge >= 0.3 is 0 Å². The van der Waals surface area contributed by atoms with Crippen molar-refractivity contribution in [2.24, 2.45) is 0 Å². The smallest absolute Gasteiger partial charge is 0.277 e. The second-order valence-corrected chi connectivity index (χ2v) is 7.63. The third-order valence-corrected chi connectivity index (χ3v) is 5.91. The Labute approximate surface area is 168 Å². The van der Waals surface area contributed by atoms with E-state index in [2.05, 4.69) is 31.3 Å². The Hall–Kier alpha value is -2.30. The number of nitrogens with one attached hydrogen (secondary N) is 1. The molecular weight excluding hydrogens is 350 g/mol. The summed E-state index contributed by atoms with van der Waals surface area (Å²) in [4.78, 5) is 18.2. The molecule has 0 aliphatic heterocycles. The van der Waals surface area contributed by atoms with E-state index >= 15 is 0 Å². The van der Waals surface area contributed by atoms with Crippen molar-refractivity contribution in [3.05, 3.63) is 39.3 Å². The number of nitrogens with zero attached hydrogens (tertiary/aromatic N) is 2. The van der Waals surface area contributed by atoms with Crippen LogP contribution in [0.5, 0.6) is 5.75 Å². The lowest BCUT2D eigenvalue weighted by molar-refractivity contribution is 0.414. The molecule has 28 heavy (non-hydrogen) atoms. The molecule has 0 saturated heterocycles. The predicted molar refractivity (Wildman–Crippen MR) is 116 cm³/mol. The van der Waals surface area contributed by atoms with Gasteiger partial charge < -0.3 is 10.1 Å². The van der Waals surface area contributed by atoms with E-state index in [9.17, 15) is 4.79 Å². The van der Waals surface area contributed by atoms with Crippen molar-refractivity contribution in [3.63, 3.8) is 0 Å². The Morgan fingerprint density at radius 2 is 1.79 bits per heavy atom. The zero-order valence-electron chi connectivity index (χ0n) is 17.9. The molecule has 0 fully saturated rings. The first-order valence-corrected chi connectivity index (χ1v) is 10.6. The van der Waals surface area contributed by atoms with E-state index < -0.39 is 0 Å². The fourth-order valence-electron chi connectivity index (χ4n) is 4.13. The van der Waals surface area contributed by atoms with Gasteiger partial charge in [-0.3, -0.25) is 9.36 Å². The second-order valence-electron chi connectivity index (χ2n) is 7.63. The molecule has 1 N–H and O–H groups in total. The summed E-state index contributed by atoms with van der Waals surface area (Å²) in [6.07, 6.45) is 6.56. The maximum atomic E-state index is 13.3. The van der Waals surface area contributed by atoms with Gasteiger partial charge in [-0.1, -0.05) is 13.8 Å². The number of hydrogen-bond donors (Lipinski definition) is 1. The first-order chi connectivity index (χ1) is 13.5. The molecule has 1 aromatic carbocycles. The first kappa shape index (κ1) is 20.4. The Kier molecular flexibility index (Phi) is 6.42. The number of fused-ring (bicyclic) bond motifs is 1. The van der Waals surface area contributed by atoms with Crippen LogP contribution in [0.1, 0.15) is 63.3 Å². The van der Waals surface area contributed by atoms with E-state index in [0.29, 0.717) is 18.1 Å². The van der Waals surface area contributed by atoms with Crippen LogP contribution in [-0.2, 0) is 19.4 Å². The summed E-state index contributed by atoms with van der Waals surface area (Å²) in [6.45, 7) is 8.75. The van der Waals surface area contributed by atoms with Crippen LogP contribution in [0.15, 0.2) is 16.9 Å². The maximum absolute atomic E-state index is 13.3. The molecular formula is C23H33N3O2. The zero-order chi connectivity index (χ0) is 20.3. The standard InChI is InChI=1S/C23H33N3O2/c1-6-18(7-2)25-21-15(4)24-22(26(8-3)23(21)27)19-13-16-11-9-10-12-17(16)14-20(19)28-5/h13-14,18,25H,6-12H2,1-5H3. The predicted octanol–water partition coefficient (Wildman–Crippen LogP) is 4.73. The summed E-state index contributed by atoms with van der Waals surface area (Å²) < 4.78 is 7.47. The fraction of sp³-hybridized carbons (Fsp3) is 0.565. The fourth-order valence-corrected chi connectivity index (χ4v) is 4.13. The molecule has 0 unspecified atom stereocenters. The van der Waals surface area contributed by atoms with Crippen LogP contribution in [0.2, 0.25) is 0 Å². The van der Waals surface area contributed by atoms with Crippen LogP contribution in [-0.4, -0.2) is 22.7 Å². The number of aromatic nitrogens is 2. The van der Waals surface area contributed by atoms with Crippen LogP contribution >= 0.6 is 0 Å². The van der Waals surface area contributed by atoms with Crippen molar-refractivity contribution >= 4 is 5.69 Å². The normalized spacial score (nSPS) is 13.5. The molecule has 0 radical (unpaired) electrons. The molecule has 0 saturated carbocycles. The summed E-state index contributed by atoms with van der Waals surface area (Å²) in [5.41, 5.74) is 5.00. The SMILES string of the molecule is CCC(CC)Nc1c(C)nc(-c2cc3c(cc2OC)CCCC3)n(CC)c1=O. The van der Waals surface area contributed by atoms with E-state index in [1.54, 1.807) is 11.7 Å². The minimum Gasteiger partial charge on any atom is -0.496 e. The average Bonchev–Trinajstić information content (AvgIpc) is 2.72. The van der Waals surface area contributed by atoms with Crippen molar-refractivity contribution in [3.8, 4) is 17.1 Å². The Bertz CT molecular complexity index is 898. The minimum absolute atomic E-state index is 0.00308. The van der Waals surface area contributed by atoms with Crippen LogP contribution < -0.4 is 15.6 Å². The van der Waals surface area contributed by atoms with E-state index in [4.69, 9.17) is 9.72 Å². The molecule has 1 aliphatic rings. The van der Waals surface area contributed by atoms with Gasteiger partial charge in [0.2, 0.25) is 0 Å². The van der Waals surface area contributed by atoms with Crippen LogP contribution in [0, 0.1) is 6.92 Å². The van der Waals surface area contributed by atoms with E-state index in [0.717, 1.165) is 42.7 Å². The Morgan fingerprint density at radius 3 is 2.36 bits per heavy atom. The number of hydrogen-bond acceptors (Lipinski definition) is 4. The largest absolute Gasteiger partial charge is 0.496 e. The van der Waals surface area contributed by atoms with Gasteiger partial charge in [0, 0.05) is 12.6 Å². The molecule has 0 spiro atoms. The monoisotopic (exact) mass is 383 g/mol. The van der Waals surface area contributed by atoms with Crippen LogP contribution in [0.3, 0.4) is 0 Å². The summed E-state index contributed by atoms with van der Waals surface area (Å²) in [5.74, 6) is 1.50. The third kappa shape index (κ3) is 3.80. The van der Waals surface area contributed by atoms with Gasteiger partial charge in [0.25, 0.3) is 5.56 Å². The average molecular weight is 384 g/mol. The lowest BCUT2D eigenvalue weighted by Gasteiger charge is -2.22. The summed E-state index contributed by atoms with van der Waals surface area (Å²) >= 11 is 0.